The minimum Gasteiger partial charge on any atom is -0.466 e. The molecule has 2 aromatic rings. The van der Waals surface area contributed by atoms with Crippen LogP contribution in [0.1, 0.15) is 31.4 Å². The fraction of sp³-hybridized carbons (Fsp3) is 0.500. The molecule has 2 heterocycles. The Kier molecular flexibility index (Phi) is 7.73. The fourth-order valence-corrected chi connectivity index (χ4v) is 3.59. The third-order valence-corrected chi connectivity index (χ3v) is 5.09. The second-order valence-corrected chi connectivity index (χ2v) is 7.18. The Bertz CT molecular complexity index is 974. The van der Waals surface area contributed by atoms with Crippen LogP contribution in [0, 0.1) is 17.2 Å². The average Bonchev–Trinajstić information content (AvgIpc) is 2.79. The van der Waals surface area contributed by atoms with Gasteiger partial charge in [0.25, 0.3) is 0 Å². The van der Waals surface area contributed by atoms with Gasteiger partial charge in [0.1, 0.15) is 12.3 Å². The minimum absolute atomic E-state index is 0.0402. The molecule has 9 nitrogen and oxygen atoms in total. The average molecular weight is 426 g/mol. The van der Waals surface area contributed by atoms with Gasteiger partial charge in [-0.2, -0.15) is 5.26 Å². The summed E-state index contributed by atoms with van der Waals surface area (Å²) in [5, 5.41) is 9.77. The SMILES string of the molecule is CCOC(=O)[C@H]1CCCN(c2nc3ccccc3nc2[C@@H](C#N)C(=O)OCCOC)C1. The first kappa shape index (κ1) is 22.4. The standard InChI is InChI=1S/C22H26N4O5/c1-3-30-21(27)15-7-6-10-26(14-15)20-19(16(13-23)22(28)31-12-11-29-2)24-17-8-4-5-9-18(17)25-20/h4-5,8-9,15-16H,3,6-7,10-12,14H2,1-2H3/t15-,16+/m0/s1. The van der Waals surface area contributed by atoms with Gasteiger partial charge in [0.2, 0.25) is 0 Å². The van der Waals surface area contributed by atoms with E-state index < -0.39 is 11.9 Å². The maximum Gasteiger partial charge on any atom is 0.329 e. The second-order valence-electron chi connectivity index (χ2n) is 7.18. The summed E-state index contributed by atoms with van der Waals surface area (Å²) < 4.78 is 15.3. The molecule has 1 aliphatic rings. The molecule has 1 fully saturated rings. The predicted octanol–water partition coefficient (Wildman–Crippen LogP) is 2.21. The number of hydrogen-bond donors (Lipinski definition) is 0. The van der Waals surface area contributed by atoms with E-state index in [0.717, 1.165) is 6.42 Å². The lowest BCUT2D eigenvalue weighted by atomic mass is 9.97. The van der Waals surface area contributed by atoms with E-state index in [1.807, 2.05) is 29.2 Å². The number of piperidine rings is 1. The lowest BCUT2D eigenvalue weighted by Crippen LogP contribution is -2.40. The number of nitrogens with zero attached hydrogens (tertiary/aromatic N) is 4. The highest BCUT2D eigenvalue weighted by molar-refractivity contribution is 5.85. The van der Waals surface area contributed by atoms with Gasteiger partial charge < -0.3 is 19.1 Å². The Balaban J connectivity index is 1.98. The molecule has 164 valence electrons. The minimum atomic E-state index is -1.24. The van der Waals surface area contributed by atoms with Crippen LogP contribution in [-0.4, -0.2) is 61.9 Å². The van der Waals surface area contributed by atoms with Crippen molar-refractivity contribution in [2.75, 3.05) is 44.9 Å². The number of carbonyl (C=O) groups is 2. The first-order valence-electron chi connectivity index (χ1n) is 10.3. The number of anilines is 1. The molecule has 0 bridgehead atoms. The van der Waals surface area contributed by atoms with Crippen LogP contribution in [-0.2, 0) is 23.8 Å². The van der Waals surface area contributed by atoms with Crippen molar-refractivity contribution in [3.63, 3.8) is 0 Å². The van der Waals surface area contributed by atoms with Gasteiger partial charge in [-0.25, -0.2) is 9.97 Å². The molecule has 1 aromatic heterocycles. The number of benzene rings is 1. The number of ether oxygens (including phenoxy) is 3. The summed E-state index contributed by atoms with van der Waals surface area (Å²) >= 11 is 0. The summed E-state index contributed by atoms with van der Waals surface area (Å²) in [6.07, 6.45) is 1.47. The predicted molar refractivity (Wildman–Crippen MR) is 112 cm³/mol. The van der Waals surface area contributed by atoms with Gasteiger partial charge in [-0.15, -0.1) is 0 Å². The van der Waals surface area contributed by atoms with Crippen molar-refractivity contribution in [2.24, 2.45) is 5.92 Å². The van der Waals surface area contributed by atoms with Crippen LogP contribution in [0.4, 0.5) is 5.82 Å². The van der Waals surface area contributed by atoms with Crippen molar-refractivity contribution >= 4 is 28.8 Å². The Morgan fingerprint density at radius 3 is 2.65 bits per heavy atom. The zero-order chi connectivity index (χ0) is 22.2. The highest BCUT2D eigenvalue weighted by atomic mass is 16.6. The normalized spacial score (nSPS) is 17.1. The van der Waals surface area contributed by atoms with Crippen LogP contribution in [0.5, 0.6) is 0 Å². The zero-order valence-corrected chi connectivity index (χ0v) is 17.7. The zero-order valence-electron chi connectivity index (χ0n) is 17.7. The van der Waals surface area contributed by atoms with E-state index in [1.165, 1.54) is 7.11 Å². The molecule has 1 aliphatic heterocycles. The van der Waals surface area contributed by atoms with E-state index in [1.54, 1.807) is 13.0 Å². The number of aromatic nitrogens is 2. The smallest absolute Gasteiger partial charge is 0.329 e. The quantitative estimate of drug-likeness (QED) is 0.463. The number of esters is 2. The van der Waals surface area contributed by atoms with E-state index in [-0.39, 0.29) is 30.8 Å². The number of nitriles is 1. The lowest BCUT2D eigenvalue weighted by Gasteiger charge is -2.33. The van der Waals surface area contributed by atoms with E-state index >= 15 is 0 Å². The molecule has 0 spiro atoms. The lowest BCUT2D eigenvalue weighted by molar-refractivity contribution is -0.148. The number of carbonyl (C=O) groups excluding carboxylic acids is 2. The molecule has 1 saturated heterocycles. The van der Waals surface area contributed by atoms with Gasteiger partial charge in [0.15, 0.2) is 11.7 Å². The summed E-state index contributed by atoms with van der Waals surface area (Å²) in [5.74, 6) is -2.08. The molecule has 0 N–H and O–H groups in total. The summed E-state index contributed by atoms with van der Waals surface area (Å²) in [6, 6.07) is 9.27. The Morgan fingerprint density at radius 2 is 1.97 bits per heavy atom. The molecule has 0 aliphatic carbocycles. The van der Waals surface area contributed by atoms with Crippen LogP contribution >= 0.6 is 0 Å². The van der Waals surface area contributed by atoms with Crippen molar-refractivity contribution in [3.05, 3.63) is 30.0 Å². The Hall–Kier alpha value is -3.25. The van der Waals surface area contributed by atoms with E-state index in [2.05, 4.69) is 4.98 Å². The topological polar surface area (TPSA) is 115 Å². The number of hydrogen-bond acceptors (Lipinski definition) is 9. The highest BCUT2D eigenvalue weighted by Crippen LogP contribution is 2.31. The summed E-state index contributed by atoms with van der Waals surface area (Å²) in [5.41, 5.74) is 1.45. The molecule has 31 heavy (non-hydrogen) atoms. The third-order valence-electron chi connectivity index (χ3n) is 5.09. The van der Waals surface area contributed by atoms with Crippen molar-refractivity contribution in [1.29, 1.82) is 5.26 Å². The van der Waals surface area contributed by atoms with Crippen LogP contribution < -0.4 is 4.90 Å². The summed E-state index contributed by atoms with van der Waals surface area (Å²) in [4.78, 5) is 36.1. The van der Waals surface area contributed by atoms with Gasteiger partial charge in [-0.3, -0.25) is 9.59 Å². The maximum absolute atomic E-state index is 12.6. The van der Waals surface area contributed by atoms with Gasteiger partial charge in [0, 0.05) is 20.2 Å². The fourth-order valence-electron chi connectivity index (χ4n) is 3.59. The largest absolute Gasteiger partial charge is 0.466 e. The summed E-state index contributed by atoms with van der Waals surface area (Å²) in [6.45, 7) is 3.38. The van der Waals surface area contributed by atoms with Crippen LogP contribution in [0.25, 0.3) is 11.0 Å². The third kappa shape index (κ3) is 5.27. The van der Waals surface area contributed by atoms with Gasteiger partial charge in [-0.05, 0) is 31.9 Å². The Labute approximate surface area is 180 Å². The molecule has 2 atom stereocenters. The van der Waals surface area contributed by atoms with Crippen molar-refractivity contribution in [1.82, 2.24) is 9.97 Å². The van der Waals surface area contributed by atoms with E-state index in [9.17, 15) is 14.9 Å². The van der Waals surface area contributed by atoms with Crippen molar-refractivity contribution in [2.45, 2.75) is 25.7 Å². The number of rotatable bonds is 8. The number of methoxy groups -OCH3 is 1. The molecule has 0 unspecified atom stereocenters. The molecule has 0 radical (unpaired) electrons. The maximum atomic E-state index is 12.6. The monoisotopic (exact) mass is 426 g/mol. The molecule has 0 amide bonds. The van der Waals surface area contributed by atoms with E-state index in [4.69, 9.17) is 19.2 Å². The molecule has 1 aromatic carbocycles. The first-order valence-corrected chi connectivity index (χ1v) is 10.3. The molecular weight excluding hydrogens is 400 g/mol. The van der Waals surface area contributed by atoms with E-state index in [0.29, 0.717) is 43.0 Å². The van der Waals surface area contributed by atoms with Crippen LogP contribution in [0.3, 0.4) is 0 Å². The molecule has 0 saturated carbocycles. The van der Waals surface area contributed by atoms with Gasteiger partial charge >= 0.3 is 11.9 Å². The van der Waals surface area contributed by atoms with Crippen LogP contribution in [0.2, 0.25) is 0 Å². The van der Waals surface area contributed by atoms with Crippen molar-refractivity contribution < 1.29 is 23.8 Å². The number of para-hydroxylation sites is 2. The highest BCUT2D eigenvalue weighted by Gasteiger charge is 2.33. The second kappa shape index (κ2) is 10.7. The Morgan fingerprint density at radius 1 is 1.23 bits per heavy atom. The van der Waals surface area contributed by atoms with Gasteiger partial charge in [0.05, 0.1) is 36.2 Å². The summed E-state index contributed by atoms with van der Waals surface area (Å²) in [7, 11) is 1.50. The molecular formula is C22H26N4O5. The van der Waals surface area contributed by atoms with Crippen molar-refractivity contribution in [3.8, 4) is 6.07 Å². The molecule has 9 heteroatoms. The number of fused-ring (bicyclic) bond motifs is 1. The van der Waals surface area contributed by atoms with Gasteiger partial charge in [-0.1, -0.05) is 12.1 Å². The molecule has 3 rings (SSSR count). The van der Waals surface area contributed by atoms with Crippen LogP contribution in [0.15, 0.2) is 24.3 Å². The first-order chi connectivity index (χ1) is 15.1.